The lowest BCUT2D eigenvalue weighted by atomic mass is 9.89. The third-order valence-electron chi connectivity index (χ3n) is 10.5. The molecule has 0 bridgehead atoms. The Morgan fingerprint density at radius 3 is 1.94 bits per heavy atom. The first-order valence-electron chi connectivity index (χ1n) is 16.9. The molecule has 3 aliphatic heterocycles. The summed E-state index contributed by atoms with van der Waals surface area (Å²) in [6, 6.07) is 12.9. The van der Waals surface area contributed by atoms with Crippen LogP contribution in [0.5, 0.6) is 0 Å². The van der Waals surface area contributed by atoms with Gasteiger partial charge < -0.3 is 10.0 Å². The van der Waals surface area contributed by atoms with Crippen molar-refractivity contribution in [3.63, 3.8) is 0 Å². The summed E-state index contributed by atoms with van der Waals surface area (Å²) < 4.78 is 81.7. The highest BCUT2D eigenvalue weighted by Gasteiger charge is 2.40. The number of benzene rings is 2. The molecule has 266 valence electrons. The Morgan fingerprint density at radius 1 is 0.796 bits per heavy atom. The van der Waals surface area contributed by atoms with E-state index in [0.717, 1.165) is 57.7 Å². The van der Waals surface area contributed by atoms with Crippen molar-refractivity contribution in [1.82, 2.24) is 19.6 Å². The molecule has 3 fully saturated rings. The predicted octanol–water partition coefficient (Wildman–Crippen LogP) is 6.82. The predicted molar refractivity (Wildman–Crippen MR) is 176 cm³/mol. The number of thiophene rings is 1. The van der Waals surface area contributed by atoms with E-state index in [-0.39, 0.29) is 37.3 Å². The minimum Gasteiger partial charge on any atom is -0.394 e. The standard InChI is InChI=1S/C36H42F6N4O2S/c37-35(38,39)28-19-27(20-29(21-28)36(40,41)42)34(48)46-12-8-31(22-32(46)18-25-4-2-1-3-5-25)44-15-13-43(14-16-44)30-6-10-45(11-7-30)33(23-47)26-9-17-49-24-26/h1-5,9,17,19-21,24,30-33,47H,6-8,10-16,18,22-23H2. The maximum Gasteiger partial charge on any atom is 0.416 e. The van der Waals surface area contributed by atoms with Crippen LogP contribution in [0.25, 0.3) is 0 Å². The van der Waals surface area contributed by atoms with Gasteiger partial charge in [-0.2, -0.15) is 37.7 Å². The Hall–Kier alpha value is -2.97. The van der Waals surface area contributed by atoms with Gasteiger partial charge in [-0.15, -0.1) is 0 Å². The van der Waals surface area contributed by atoms with Gasteiger partial charge in [0.25, 0.3) is 5.91 Å². The van der Waals surface area contributed by atoms with Crippen LogP contribution in [0.3, 0.4) is 0 Å². The summed E-state index contributed by atoms with van der Waals surface area (Å²) in [5.41, 5.74) is -1.46. The van der Waals surface area contributed by atoms with Crippen molar-refractivity contribution in [3.8, 4) is 0 Å². The number of likely N-dealkylation sites (tertiary alicyclic amines) is 2. The number of amides is 1. The normalized spacial score (nSPS) is 23.1. The van der Waals surface area contributed by atoms with E-state index in [0.29, 0.717) is 37.4 Å². The SMILES string of the molecule is O=C(c1cc(C(F)(F)F)cc(C(F)(F)F)c1)N1CCC(N2CCN(C3CCN(C(CO)c4ccsc4)CC3)CC2)CC1Cc1ccccc1. The average molecular weight is 709 g/mol. The maximum atomic E-state index is 13.8. The first kappa shape index (κ1) is 35.8. The summed E-state index contributed by atoms with van der Waals surface area (Å²) in [7, 11) is 0. The Kier molecular flexibility index (Phi) is 11.0. The zero-order valence-electron chi connectivity index (χ0n) is 27.2. The highest BCUT2D eigenvalue weighted by Crippen LogP contribution is 2.37. The third kappa shape index (κ3) is 8.50. The van der Waals surface area contributed by atoms with Crippen LogP contribution in [0, 0.1) is 0 Å². The Bertz CT molecular complexity index is 1490. The molecular weight excluding hydrogens is 666 g/mol. The van der Waals surface area contributed by atoms with Gasteiger partial charge in [-0.3, -0.25) is 19.5 Å². The second-order valence-corrected chi connectivity index (χ2v) is 14.2. The lowest BCUT2D eigenvalue weighted by Gasteiger charge is -2.48. The van der Waals surface area contributed by atoms with E-state index < -0.39 is 35.0 Å². The van der Waals surface area contributed by atoms with Crippen LogP contribution < -0.4 is 0 Å². The number of alkyl halides is 6. The molecule has 3 aliphatic rings. The average Bonchev–Trinajstić information content (AvgIpc) is 3.63. The first-order chi connectivity index (χ1) is 23.4. The zero-order valence-corrected chi connectivity index (χ0v) is 28.0. The van der Waals surface area contributed by atoms with Gasteiger partial charge in [0.05, 0.1) is 23.8 Å². The number of aliphatic hydroxyl groups excluding tert-OH is 1. The molecule has 49 heavy (non-hydrogen) atoms. The third-order valence-corrected chi connectivity index (χ3v) is 11.2. The minimum atomic E-state index is -5.03. The van der Waals surface area contributed by atoms with Crippen LogP contribution in [0.15, 0.2) is 65.4 Å². The quantitative estimate of drug-likeness (QED) is 0.261. The van der Waals surface area contributed by atoms with Crippen molar-refractivity contribution < 1.29 is 36.2 Å². The molecule has 1 amide bonds. The van der Waals surface area contributed by atoms with E-state index in [4.69, 9.17) is 0 Å². The number of hydrogen-bond donors (Lipinski definition) is 1. The van der Waals surface area contributed by atoms with E-state index >= 15 is 0 Å². The number of piperidine rings is 2. The van der Waals surface area contributed by atoms with E-state index in [1.54, 1.807) is 11.3 Å². The highest BCUT2D eigenvalue weighted by atomic mass is 32.1. The van der Waals surface area contributed by atoms with Crippen LogP contribution >= 0.6 is 11.3 Å². The van der Waals surface area contributed by atoms with Crippen LogP contribution in [-0.4, -0.2) is 101 Å². The van der Waals surface area contributed by atoms with Crippen LogP contribution in [0.4, 0.5) is 26.3 Å². The van der Waals surface area contributed by atoms with Crippen LogP contribution in [-0.2, 0) is 18.8 Å². The number of carbonyl (C=O) groups is 1. The summed E-state index contributed by atoms with van der Waals surface area (Å²) in [4.78, 5) is 22.6. The molecule has 3 unspecified atom stereocenters. The van der Waals surface area contributed by atoms with Gasteiger partial charge in [0, 0.05) is 69.5 Å². The Morgan fingerprint density at radius 2 is 1.39 bits per heavy atom. The topological polar surface area (TPSA) is 50.3 Å². The molecule has 2 aromatic carbocycles. The molecular formula is C36H42F6N4O2S. The molecule has 6 rings (SSSR count). The smallest absolute Gasteiger partial charge is 0.394 e. The van der Waals surface area contributed by atoms with Crippen molar-refractivity contribution in [1.29, 1.82) is 0 Å². The number of aliphatic hydroxyl groups is 1. The van der Waals surface area contributed by atoms with Crippen molar-refractivity contribution in [2.75, 3.05) is 52.4 Å². The molecule has 0 radical (unpaired) electrons. The summed E-state index contributed by atoms with van der Waals surface area (Å²) in [6.07, 6.45) is -6.37. The second kappa shape index (κ2) is 15.1. The molecule has 3 atom stereocenters. The fourth-order valence-electron chi connectivity index (χ4n) is 7.88. The van der Waals surface area contributed by atoms with Crippen molar-refractivity contribution in [2.45, 2.75) is 68.6 Å². The van der Waals surface area contributed by atoms with Gasteiger partial charge in [0.1, 0.15) is 0 Å². The van der Waals surface area contributed by atoms with Crippen molar-refractivity contribution in [2.24, 2.45) is 0 Å². The summed E-state index contributed by atoms with van der Waals surface area (Å²) in [6.45, 7) is 5.72. The van der Waals surface area contributed by atoms with Crippen LogP contribution in [0.1, 0.15) is 64.3 Å². The summed E-state index contributed by atoms with van der Waals surface area (Å²) in [5.74, 6) is -0.811. The van der Waals surface area contributed by atoms with Crippen molar-refractivity contribution >= 4 is 17.2 Å². The van der Waals surface area contributed by atoms with E-state index in [2.05, 4.69) is 26.1 Å². The Labute approximate surface area is 286 Å². The number of carbonyl (C=O) groups excluding carboxylic acids is 1. The van der Waals surface area contributed by atoms with Crippen molar-refractivity contribution in [3.05, 3.63) is 93.2 Å². The molecule has 6 nitrogen and oxygen atoms in total. The first-order valence-corrected chi connectivity index (χ1v) is 17.8. The van der Waals surface area contributed by atoms with E-state index in [9.17, 15) is 36.2 Å². The molecule has 1 N–H and O–H groups in total. The minimum absolute atomic E-state index is 0.0332. The van der Waals surface area contributed by atoms with Gasteiger partial charge in [-0.25, -0.2) is 0 Å². The van der Waals surface area contributed by atoms with Gasteiger partial charge in [-0.05, 0) is 78.3 Å². The lowest BCUT2D eigenvalue weighted by molar-refractivity contribution is -0.143. The van der Waals surface area contributed by atoms with Gasteiger partial charge in [-0.1, -0.05) is 30.3 Å². The fourth-order valence-corrected chi connectivity index (χ4v) is 8.59. The zero-order chi connectivity index (χ0) is 34.8. The largest absolute Gasteiger partial charge is 0.416 e. The number of rotatable bonds is 8. The Balaban J connectivity index is 1.11. The highest BCUT2D eigenvalue weighted by molar-refractivity contribution is 7.08. The molecule has 3 aromatic rings. The van der Waals surface area contributed by atoms with E-state index in [1.807, 2.05) is 35.7 Å². The fraction of sp³-hybridized carbons (Fsp3) is 0.528. The van der Waals surface area contributed by atoms with Gasteiger partial charge in [0.2, 0.25) is 0 Å². The monoisotopic (exact) mass is 708 g/mol. The maximum absolute atomic E-state index is 13.8. The number of nitrogens with zero attached hydrogens (tertiary/aromatic N) is 4. The molecule has 0 aliphatic carbocycles. The summed E-state index contributed by atoms with van der Waals surface area (Å²) >= 11 is 1.64. The van der Waals surface area contributed by atoms with Crippen LogP contribution in [0.2, 0.25) is 0 Å². The number of halogens is 6. The molecule has 3 saturated heterocycles. The summed E-state index contributed by atoms with van der Waals surface area (Å²) in [5, 5.41) is 14.2. The van der Waals surface area contributed by atoms with Gasteiger partial charge in [0.15, 0.2) is 0 Å². The second-order valence-electron chi connectivity index (χ2n) is 13.4. The molecule has 0 spiro atoms. The molecule has 1 aromatic heterocycles. The number of hydrogen-bond acceptors (Lipinski definition) is 6. The number of piperazine rings is 1. The van der Waals surface area contributed by atoms with Gasteiger partial charge >= 0.3 is 12.4 Å². The lowest BCUT2D eigenvalue weighted by Crippen LogP contribution is -2.58. The molecule has 0 saturated carbocycles. The molecule has 4 heterocycles. The molecule has 13 heteroatoms. The van der Waals surface area contributed by atoms with E-state index in [1.165, 1.54) is 10.5 Å².